The maximum atomic E-state index is 6.99. The minimum atomic E-state index is -0.735. The molecule has 0 unspecified atom stereocenters. The van der Waals surface area contributed by atoms with Gasteiger partial charge in [-0.15, -0.1) is 0 Å². The van der Waals surface area contributed by atoms with Crippen LogP contribution in [-0.2, 0) is 5.41 Å². The third-order valence-electron chi connectivity index (χ3n) is 12.7. The molecule has 12 rings (SSSR count). The molecule has 11 aromatic rings. The highest BCUT2D eigenvalue weighted by molar-refractivity contribution is 6.13. The zero-order valence-corrected chi connectivity index (χ0v) is 35.3. The maximum absolute atomic E-state index is 6.99. The Hall–Kier alpha value is -8.60. The molecule has 0 aliphatic heterocycles. The standard InChI is InChI=1S/C61H41NO3/c1-6-20-42(21-7-1)49-30-16-31-50-51-32-17-35-54(60(51)65-59(49)50)62(45-24-10-3-11-25-45)46-40-38-44(39-41-46)61(43-22-8-2-9-23-43)52-33-18-36-55(63-47-26-12-4-13-27-47)57(52)58-53(61)34-19-37-56(58)64-48-28-14-5-15-29-48/h1-41H. The molecule has 1 aromatic heterocycles. The van der Waals surface area contributed by atoms with Crippen LogP contribution in [-0.4, -0.2) is 0 Å². The van der Waals surface area contributed by atoms with Crippen molar-refractivity contribution in [2.24, 2.45) is 0 Å². The quantitative estimate of drug-likeness (QED) is 0.137. The minimum absolute atomic E-state index is 0.735. The van der Waals surface area contributed by atoms with Crippen LogP contribution < -0.4 is 14.4 Å². The molecule has 4 heteroatoms. The molecule has 1 heterocycles. The van der Waals surface area contributed by atoms with Crippen LogP contribution in [0, 0.1) is 0 Å². The first-order chi connectivity index (χ1) is 32.3. The Bertz CT molecular complexity index is 3370. The van der Waals surface area contributed by atoms with Crippen LogP contribution >= 0.6 is 0 Å². The van der Waals surface area contributed by atoms with Crippen LogP contribution in [0.4, 0.5) is 17.1 Å². The zero-order valence-electron chi connectivity index (χ0n) is 35.3. The Morgan fingerprint density at radius 2 is 0.815 bits per heavy atom. The first kappa shape index (κ1) is 38.1. The molecule has 0 atom stereocenters. The average Bonchev–Trinajstić information content (AvgIpc) is 3.92. The van der Waals surface area contributed by atoms with Gasteiger partial charge in [-0.25, -0.2) is 0 Å². The van der Waals surface area contributed by atoms with E-state index in [0.717, 1.165) is 107 Å². The molecule has 0 fully saturated rings. The van der Waals surface area contributed by atoms with Crippen molar-refractivity contribution in [3.63, 3.8) is 0 Å². The molecule has 65 heavy (non-hydrogen) atoms. The molecular weight excluding hydrogens is 795 g/mol. The smallest absolute Gasteiger partial charge is 0.159 e. The van der Waals surface area contributed by atoms with Crippen LogP contribution in [0.1, 0.15) is 22.3 Å². The highest BCUT2D eigenvalue weighted by Crippen LogP contribution is 2.61. The van der Waals surface area contributed by atoms with E-state index in [2.05, 4.69) is 187 Å². The van der Waals surface area contributed by atoms with Crippen molar-refractivity contribution < 1.29 is 13.9 Å². The normalized spacial score (nSPS) is 12.4. The fourth-order valence-electron chi connectivity index (χ4n) is 9.92. The molecule has 4 nitrogen and oxygen atoms in total. The first-order valence-corrected chi connectivity index (χ1v) is 22.0. The Kier molecular flexibility index (Phi) is 9.35. The molecule has 308 valence electrons. The van der Waals surface area contributed by atoms with Gasteiger partial charge in [-0.3, -0.25) is 0 Å². The van der Waals surface area contributed by atoms with Crippen molar-refractivity contribution in [2.45, 2.75) is 5.41 Å². The fraction of sp³-hybridized carbons (Fsp3) is 0.0164. The number of ether oxygens (including phenoxy) is 2. The molecule has 10 aromatic carbocycles. The number of para-hydroxylation sites is 5. The topological polar surface area (TPSA) is 34.8 Å². The van der Waals surface area contributed by atoms with Crippen LogP contribution in [0.15, 0.2) is 253 Å². The van der Waals surface area contributed by atoms with E-state index in [1.54, 1.807) is 0 Å². The number of nitrogens with zero attached hydrogens (tertiary/aromatic N) is 1. The second-order valence-electron chi connectivity index (χ2n) is 16.3. The van der Waals surface area contributed by atoms with Gasteiger partial charge in [0.2, 0.25) is 0 Å². The summed E-state index contributed by atoms with van der Waals surface area (Å²) >= 11 is 0. The Morgan fingerprint density at radius 1 is 0.354 bits per heavy atom. The van der Waals surface area contributed by atoms with Crippen LogP contribution in [0.25, 0.3) is 44.2 Å². The molecule has 0 spiro atoms. The number of hydrogen-bond donors (Lipinski definition) is 0. The van der Waals surface area contributed by atoms with Crippen molar-refractivity contribution in [3.8, 4) is 45.3 Å². The summed E-state index contributed by atoms with van der Waals surface area (Å²) in [5, 5.41) is 2.15. The van der Waals surface area contributed by atoms with Crippen molar-refractivity contribution >= 4 is 39.0 Å². The van der Waals surface area contributed by atoms with Crippen molar-refractivity contribution in [1.29, 1.82) is 0 Å². The molecule has 0 saturated heterocycles. The highest BCUT2D eigenvalue weighted by atomic mass is 16.5. The number of fused-ring (bicyclic) bond motifs is 6. The highest BCUT2D eigenvalue weighted by Gasteiger charge is 2.48. The lowest BCUT2D eigenvalue weighted by Crippen LogP contribution is -2.28. The van der Waals surface area contributed by atoms with Gasteiger partial charge in [-0.1, -0.05) is 182 Å². The summed E-state index contributed by atoms with van der Waals surface area (Å²) in [5.41, 5.74) is 12.6. The number of hydrogen-bond acceptors (Lipinski definition) is 4. The van der Waals surface area contributed by atoms with Gasteiger partial charge in [-0.2, -0.15) is 0 Å². The summed E-state index contributed by atoms with van der Waals surface area (Å²) in [5.74, 6) is 3.06. The summed E-state index contributed by atoms with van der Waals surface area (Å²) in [6.07, 6.45) is 0. The fourth-order valence-corrected chi connectivity index (χ4v) is 9.92. The molecule has 0 N–H and O–H groups in total. The largest absolute Gasteiger partial charge is 0.457 e. The van der Waals surface area contributed by atoms with Crippen molar-refractivity contribution in [2.75, 3.05) is 4.90 Å². The second-order valence-corrected chi connectivity index (χ2v) is 16.3. The predicted molar refractivity (Wildman–Crippen MR) is 264 cm³/mol. The summed E-state index contributed by atoms with van der Waals surface area (Å²) < 4.78 is 20.6. The van der Waals surface area contributed by atoms with E-state index in [0.29, 0.717) is 0 Å². The lowest BCUT2D eigenvalue weighted by atomic mass is 9.67. The Morgan fingerprint density at radius 3 is 1.40 bits per heavy atom. The van der Waals surface area contributed by atoms with Gasteiger partial charge in [0.1, 0.15) is 28.6 Å². The molecule has 0 radical (unpaired) electrons. The lowest BCUT2D eigenvalue weighted by molar-refractivity contribution is 0.477. The van der Waals surface area contributed by atoms with Gasteiger partial charge in [0.15, 0.2) is 5.58 Å². The van der Waals surface area contributed by atoms with Gasteiger partial charge in [0.25, 0.3) is 0 Å². The van der Waals surface area contributed by atoms with E-state index in [1.165, 1.54) is 0 Å². The summed E-state index contributed by atoms with van der Waals surface area (Å²) in [7, 11) is 0. The number of rotatable bonds is 10. The molecular formula is C61H41NO3. The van der Waals surface area contributed by atoms with E-state index in [1.807, 2.05) is 66.7 Å². The van der Waals surface area contributed by atoms with E-state index < -0.39 is 5.41 Å². The number of benzene rings is 10. The minimum Gasteiger partial charge on any atom is -0.457 e. The van der Waals surface area contributed by atoms with Crippen molar-refractivity contribution in [3.05, 3.63) is 271 Å². The number of anilines is 3. The summed E-state index contributed by atoms with van der Waals surface area (Å²) in [6, 6.07) is 86.7. The molecule has 1 aliphatic rings. The maximum Gasteiger partial charge on any atom is 0.159 e. The van der Waals surface area contributed by atoms with Gasteiger partial charge in [-0.05, 0) is 94.5 Å². The van der Waals surface area contributed by atoms with E-state index in [9.17, 15) is 0 Å². The molecule has 1 aliphatic carbocycles. The van der Waals surface area contributed by atoms with E-state index in [-0.39, 0.29) is 0 Å². The molecule has 0 amide bonds. The third kappa shape index (κ3) is 6.38. The average molecular weight is 836 g/mol. The molecule has 0 saturated carbocycles. The van der Waals surface area contributed by atoms with Gasteiger partial charge in [0, 0.05) is 38.8 Å². The Balaban J connectivity index is 1.07. The predicted octanol–water partition coefficient (Wildman–Crippen LogP) is 16.7. The number of furan rings is 1. The molecule has 0 bridgehead atoms. The van der Waals surface area contributed by atoms with E-state index in [4.69, 9.17) is 13.9 Å². The van der Waals surface area contributed by atoms with Crippen LogP contribution in [0.5, 0.6) is 23.0 Å². The summed E-state index contributed by atoms with van der Waals surface area (Å²) in [6.45, 7) is 0. The van der Waals surface area contributed by atoms with Gasteiger partial charge >= 0.3 is 0 Å². The monoisotopic (exact) mass is 835 g/mol. The third-order valence-corrected chi connectivity index (χ3v) is 12.7. The zero-order chi connectivity index (χ0) is 43.2. The van der Waals surface area contributed by atoms with Crippen LogP contribution in [0.2, 0.25) is 0 Å². The van der Waals surface area contributed by atoms with Gasteiger partial charge < -0.3 is 18.8 Å². The van der Waals surface area contributed by atoms with Crippen LogP contribution in [0.3, 0.4) is 0 Å². The van der Waals surface area contributed by atoms with Gasteiger partial charge in [0.05, 0.1) is 11.1 Å². The van der Waals surface area contributed by atoms with Crippen molar-refractivity contribution in [1.82, 2.24) is 0 Å². The lowest BCUT2D eigenvalue weighted by Gasteiger charge is -2.34. The van der Waals surface area contributed by atoms with E-state index >= 15 is 0 Å². The first-order valence-electron chi connectivity index (χ1n) is 22.0. The Labute approximate surface area is 377 Å². The summed E-state index contributed by atoms with van der Waals surface area (Å²) in [4.78, 5) is 2.31. The second kappa shape index (κ2) is 15.9. The SMILES string of the molecule is c1ccc(Oc2cccc3c2-c2c(Oc4ccccc4)cccc2C3(c2ccccc2)c2ccc(N(c3ccccc3)c3cccc4c3oc3c(-c5ccccc5)cccc34)cc2)cc1.